The van der Waals surface area contributed by atoms with Gasteiger partial charge in [0.1, 0.15) is 19.8 Å². The first-order chi connectivity index (χ1) is 40.0. The summed E-state index contributed by atoms with van der Waals surface area (Å²) >= 11 is 0. The molecule has 0 aromatic heterocycles. The molecule has 82 heavy (non-hydrogen) atoms. The molecule has 0 radical (unpaired) electrons. The molecule has 0 aliphatic rings. The summed E-state index contributed by atoms with van der Waals surface area (Å²) in [7, 11) is 1.15. The molecule has 2 unspecified atom stereocenters. The van der Waals surface area contributed by atoms with E-state index >= 15 is 0 Å². The Balaban J connectivity index is 4.14. The number of esters is 2. The fourth-order valence-corrected chi connectivity index (χ4v) is 9.42. The van der Waals surface area contributed by atoms with Gasteiger partial charge in [-0.1, -0.05) is 270 Å². The van der Waals surface area contributed by atoms with Crippen molar-refractivity contribution in [1.82, 2.24) is 0 Å². The lowest BCUT2D eigenvalue weighted by molar-refractivity contribution is -0.870. The average Bonchev–Trinajstić information content (AvgIpc) is 3.46. The summed E-state index contributed by atoms with van der Waals surface area (Å²) in [6, 6.07) is 0. The molecular weight excluding hydrogens is 1040 g/mol. The Labute approximate surface area is 504 Å². The van der Waals surface area contributed by atoms with Gasteiger partial charge in [0.2, 0.25) is 0 Å². The van der Waals surface area contributed by atoms with Crippen molar-refractivity contribution >= 4 is 19.8 Å². The van der Waals surface area contributed by atoms with E-state index in [2.05, 4.69) is 148 Å². The number of unbranched alkanes of at least 4 members (excludes halogenated alkanes) is 23. The van der Waals surface area contributed by atoms with E-state index in [0.29, 0.717) is 17.4 Å². The topological polar surface area (TPSA) is 111 Å². The van der Waals surface area contributed by atoms with Gasteiger partial charge in [0.05, 0.1) is 27.7 Å². The third-order valence-electron chi connectivity index (χ3n) is 13.7. The van der Waals surface area contributed by atoms with Gasteiger partial charge in [-0.25, -0.2) is 0 Å². The van der Waals surface area contributed by atoms with Crippen LogP contribution in [0.4, 0.5) is 0 Å². The number of phosphoric ester groups is 1. The molecule has 0 aliphatic carbocycles. The number of quaternary nitrogens is 1. The monoisotopic (exact) mass is 1160 g/mol. The van der Waals surface area contributed by atoms with E-state index in [0.717, 1.165) is 116 Å². The molecule has 0 aromatic carbocycles. The van der Waals surface area contributed by atoms with Crippen molar-refractivity contribution < 1.29 is 42.1 Å². The summed E-state index contributed by atoms with van der Waals surface area (Å²) in [6.07, 6.45) is 89.4. The number of hydrogen-bond donors (Lipinski definition) is 0. The van der Waals surface area contributed by atoms with E-state index in [1.807, 2.05) is 21.1 Å². The zero-order valence-electron chi connectivity index (χ0n) is 53.1. The van der Waals surface area contributed by atoms with Crippen LogP contribution in [0, 0.1) is 0 Å². The predicted octanol–water partition coefficient (Wildman–Crippen LogP) is 20.6. The van der Waals surface area contributed by atoms with E-state index in [4.69, 9.17) is 18.5 Å². The second kappa shape index (κ2) is 61.7. The number of ether oxygens (including phenoxy) is 2. The van der Waals surface area contributed by atoms with Gasteiger partial charge in [-0.05, 0) is 109 Å². The maximum Gasteiger partial charge on any atom is 0.306 e. The predicted molar refractivity (Wildman–Crippen MR) is 351 cm³/mol. The maximum atomic E-state index is 12.9. The molecule has 0 aromatic rings. The van der Waals surface area contributed by atoms with Crippen molar-refractivity contribution in [2.45, 2.75) is 264 Å². The molecule has 0 saturated heterocycles. The summed E-state index contributed by atoms with van der Waals surface area (Å²) in [5.74, 6) is -0.844. The van der Waals surface area contributed by atoms with Gasteiger partial charge in [-0.2, -0.15) is 0 Å². The molecular formula is C72H122NO8P. The number of likely N-dealkylation sites (N-methyl/N-ethyl adjacent to an activating group) is 1. The van der Waals surface area contributed by atoms with Crippen molar-refractivity contribution in [2.75, 3.05) is 47.5 Å². The summed E-state index contributed by atoms with van der Waals surface area (Å²) < 4.78 is 34.3. The zero-order chi connectivity index (χ0) is 59.8. The molecule has 0 bridgehead atoms. The summed E-state index contributed by atoms with van der Waals surface area (Å²) in [5, 5.41) is 0. The van der Waals surface area contributed by atoms with Crippen molar-refractivity contribution in [1.29, 1.82) is 0 Å². The Morgan fingerprint density at radius 2 is 0.659 bits per heavy atom. The number of carbonyl (C=O) groups excluding carboxylic acids is 2. The normalized spacial score (nSPS) is 14.1. The number of allylic oxidation sites excluding steroid dienone is 22. The van der Waals surface area contributed by atoms with Gasteiger partial charge >= 0.3 is 11.9 Å². The highest BCUT2D eigenvalue weighted by Crippen LogP contribution is 2.38. The Morgan fingerprint density at radius 1 is 0.378 bits per heavy atom. The van der Waals surface area contributed by atoms with Gasteiger partial charge in [-0.3, -0.25) is 14.2 Å². The van der Waals surface area contributed by atoms with E-state index < -0.39 is 26.5 Å². The molecule has 0 spiro atoms. The second-order valence-corrected chi connectivity index (χ2v) is 24.1. The van der Waals surface area contributed by atoms with Crippen LogP contribution in [0.5, 0.6) is 0 Å². The van der Waals surface area contributed by atoms with Crippen LogP contribution >= 0.6 is 7.82 Å². The van der Waals surface area contributed by atoms with Crippen molar-refractivity contribution in [3.8, 4) is 0 Å². The zero-order valence-corrected chi connectivity index (χ0v) is 54.0. The Hall–Kier alpha value is -3.85. The van der Waals surface area contributed by atoms with Gasteiger partial charge in [0.25, 0.3) is 7.82 Å². The van der Waals surface area contributed by atoms with Gasteiger partial charge < -0.3 is 27.9 Å². The third kappa shape index (κ3) is 65.3. The summed E-state index contributed by atoms with van der Waals surface area (Å²) in [4.78, 5) is 38.0. The molecule has 0 fully saturated rings. The van der Waals surface area contributed by atoms with Gasteiger partial charge in [-0.15, -0.1) is 0 Å². The number of rotatable bonds is 59. The van der Waals surface area contributed by atoms with E-state index in [-0.39, 0.29) is 32.0 Å². The molecule has 0 aliphatic heterocycles. The minimum Gasteiger partial charge on any atom is -0.756 e. The Bertz CT molecular complexity index is 1850. The maximum absolute atomic E-state index is 12.9. The molecule has 9 nitrogen and oxygen atoms in total. The molecule has 0 N–H and O–H groups in total. The average molecular weight is 1160 g/mol. The fourth-order valence-electron chi connectivity index (χ4n) is 8.69. The van der Waals surface area contributed by atoms with Crippen LogP contribution in [-0.4, -0.2) is 70.0 Å². The fraction of sp³-hybridized carbons (Fsp3) is 0.667. The number of nitrogens with zero attached hydrogens (tertiary/aromatic N) is 1. The Kier molecular flexibility index (Phi) is 58.8. The van der Waals surface area contributed by atoms with Crippen molar-refractivity contribution in [2.24, 2.45) is 0 Å². The lowest BCUT2D eigenvalue weighted by atomic mass is 10.0. The standard InChI is InChI=1S/C72H122NO8P/c1-6-8-10-12-14-16-18-20-22-24-26-28-30-32-34-35-36-37-39-41-43-45-47-49-51-53-55-57-59-61-63-65-72(75)81-70(69-80-82(76,77)79-67-66-73(3,4)5)68-78-71(74)64-62-60-58-56-54-52-50-48-46-44-42-40-38-33-31-29-27-25-23-21-19-17-15-13-11-9-7-2/h8-11,14-17,20-23,26-29,32,34,36-37,41,43,70H,6-7,12-13,18-19,24-25,30-31,33,35,38-40,42,44-69H2,1-5H3/b10-8-,11-9-,16-14-,17-15-,22-20-,23-21-,28-26-,29-27-,34-32-,37-36-,43-41-. The molecule has 0 saturated carbocycles. The SMILES string of the molecule is CC/C=C\C/C=C\C/C=C\C/C=C\C/C=C\C/C=C\C/C=C\CCCCCCCCCCCC(=O)OC(COC(=O)CCCCCCCCCCCCCCCC/C=C\C/C=C\C/C=C\C/C=C\CC)COP(=O)([O-])OCC[N+](C)(C)C. The van der Waals surface area contributed by atoms with E-state index in [9.17, 15) is 19.0 Å². The van der Waals surface area contributed by atoms with Crippen LogP contribution < -0.4 is 4.89 Å². The van der Waals surface area contributed by atoms with Gasteiger partial charge in [0.15, 0.2) is 6.10 Å². The minimum atomic E-state index is -4.65. The van der Waals surface area contributed by atoms with E-state index in [1.54, 1.807) is 0 Å². The minimum absolute atomic E-state index is 0.0382. The highest BCUT2D eigenvalue weighted by atomic mass is 31.2. The molecule has 0 heterocycles. The lowest BCUT2D eigenvalue weighted by Crippen LogP contribution is -2.37. The van der Waals surface area contributed by atoms with Crippen LogP contribution in [0.25, 0.3) is 0 Å². The van der Waals surface area contributed by atoms with E-state index in [1.165, 1.54) is 109 Å². The van der Waals surface area contributed by atoms with Crippen molar-refractivity contribution in [3.63, 3.8) is 0 Å². The molecule has 10 heteroatoms. The third-order valence-corrected chi connectivity index (χ3v) is 14.6. The van der Waals surface area contributed by atoms with Crippen LogP contribution in [0.15, 0.2) is 134 Å². The lowest BCUT2D eigenvalue weighted by Gasteiger charge is -2.28. The van der Waals surface area contributed by atoms with Crippen LogP contribution in [0.1, 0.15) is 258 Å². The highest BCUT2D eigenvalue weighted by Gasteiger charge is 2.22. The second-order valence-electron chi connectivity index (χ2n) is 22.7. The first-order valence-electron chi connectivity index (χ1n) is 32.9. The molecule has 468 valence electrons. The summed E-state index contributed by atoms with van der Waals surface area (Å²) in [6.45, 7) is 4.01. The molecule has 2 atom stereocenters. The quantitative estimate of drug-likeness (QED) is 0.0195. The van der Waals surface area contributed by atoms with Crippen LogP contribution in [0.2, 0.25) is 0 Å². The van der Waals surface area contributed by atoms with Crippen molar-refractivity contribution in [3.05, 3.63) is 134 Å². The molecule has 0 rings (SSSR count). The number of hydrogen-bond acceptors (Lipinski definition) is 8. The molecule has 0 amide bonds. The number of carbonyl (C=O) groups is 2. The first kappa shape index (κ1) is 78.1. The largest absolute Gasteiger partial charge is 0.756 e. The van der Waals surface area contributed by atoms with Gasteiger partial charge in [0, 0.05) is 12.8 Å². The highest BCUT2D eigenvalue weighted by molar-refractivity contribution is 7.45. The smallest absolute Gasteiger partial charge is 0.306 e. The van der Waals surface area contributed by atoms with Crippen LogP contribution in [0.3, 0.4) is 0 Å². The Morgan fingerprint density at radius 3 is 0.976 bits per heavy atom. The first-order valence-corrected chi connectivity index (χ1v) is 34.4. The number of phosphoric acid groups is 1. The summed E-state index contributed by atoms with van der Waals surface area (Å²) in [5.41, 5.74) is 0. The van der Waals surface area contributed by atoms with Crippen LogP contribution in [-0.2, 0) is 32.7 Å².